The van der Waals surface area contributed by atoms with Crippen LogP contribution in [0.5, 0.6) is 0 Å². The van der Waals surface area contributed by atoms with Gasteiger partial charge in [-0.15, -0.1) is 0 Å². The molecule has 0 saturated carbocycles. The number of ketones is 2. The van der Waals surface area contributed by atoms with Gasteiger partial charge < -0.3 is 14.2 Å². The highest BCUT2D eigenvalue weighted by Gasteiger charge is 2.28. The van der Waals surface area contributed by atoms with Gasteiger partial charge in [0.05, 0.1) is 11.4 Å². The molecule has 1 atom stereocenters. The molecule has 0 saturated heterocycles. The molecule has 24 heavy (non-hydrogen) atoms. The number of carbonyl (C=O) groups is 3. The average molecular weight is 332 g/mol. The summed E-state index contributed by atoms with van der Waals surface area (Å²) < 4.78 is 10.2. The van der Waals surface area contributed by atoms with Gasteiger partial charge in [-0.25, -0.2) is 4.79 Å². The smallest absolute Gasteiger partial charge is 0.344 e. The van der Waals surface area contributed by atoms with E-state index in [0.717, 1.165) is 0 Å². The number of hydrogen-bond donors (Lipinski definition) is 1. The number of ether oxygens (including phenoxy) is 1. The van der Waals surface area contributed by atoms with Crippen molar-refractivity contribution in [2.45, 2.75) is 47.6 Å². The molecule has 2 rings (SSSR count). The van der Waals surface area contributed by atoms with E-state index in [2.05, 4.69) is 10.1 Å². The second kappa shape index (κ2) is 6.43. The quantitative estimate of drug-likeness (QED) is 0.667. The molecule has 7 heteroatoms. The van der Waals surface area contributed by atoms with Crippen LogP contribution in [0.1, 0.15) is 67.8 Å². The molecule has 0 aliphatic rings. The van der Waals surface area contributed by atoms with Gasteiger partial charge in [-0.3, -0.25) is 9.59 Å². The van der Waals surface area contributed by atoms with Crippen molar-refractivity contribution >= 4 is 17.5 Å². The summed E-state index contributed by atoms with van der Waals surface area (Å²) in [5.74, 6) is -0.855. The summed E-state index contributed by atoms with van der Waals surface area (Å²) >= 11 is 0. The molecular weight excluding hydrogens is 312 g/mol. The van der Waals surface area contributed by atoms with Crippen LogP contribution in [0, 0.1) is 27.7 Å². The first-order valence-electron chi connectivity index (χ1n) is 7.53. The van der Waals surface area contributed by atoms with Crippen molar-refractivity contribution in [3.8, 4) is 0 Å². The third-order valence-corrected chi connectivity index (χ3v) is 3.93. The standard InChI is InChI=1S/C17H20N2O5/c1-7-13(10(4)20)8(2)18-15(7)16(21)12(6)23-17(22)14-9(3)19-24-11(14)5/h12,18H,1-6H3/t12-/m1/s1. The Morgan fingerprint density at radius 3 is 2.21 bits per heavy atom. The van der Waals surface area contributed by atoms with Crippen LogP contribution in [0.4, 0.5) is 0 Å². The maximum Gasteiger partial charge on any atom is 0.344 e. The third kappa shape index (κ3) is 3.02. The molecule has 128 valence electrons. The number of rotatable bonds is 5. The molecule has 0 unspecified atom stereocenters. The van der Waals surface area contributed by atoms with Crippen LogP contribution in [0.3, 0.4) is 0 Å². The fourth-order valence-corrected chi connectivity index (χ4v) is 2.78. The molecule has 0 aliphatic heterocycles. The van der Waals surface area contributed by atoms with Gasteiger partial charge in [0, 0.05) is 11.3 Å². The maximum absolute atomic E-state index is 12.6. The van der Waals surface area contributed by atoms with Gasteiger partial charge >= 0.3 is 5.97 Å². The summed E-state index contributed by atoms with van der Waals surface area (Å²) in [5, 5.41) is 3.69. The monoisotopic (exact) mass is 332 g/mol. The first kappa shape index (κ1) is 17.7. The van der Waals surface area contributed by atoms with Crippen molar-refractivity contribution in [2.75, 3.05) is 0 Å². The Morgan fingerprint density at radius 2 is 1.75 bits per heavy atom. The fraction of sp³-hybridized carbons (Fsp3) is 0.412. The lowest BCUT2D eigenvalue weighted by Crippen LogP contribution is -2.25. The molecule has 0 bridgehead atoms. The van der Waals surface area contributed by atoms with Crippen molar-refractivity contribution in [1.82, 2.24) is 10.1 Å². The molecule has 0 fully saturated rings. The second-order valence-electron chi connectivity index (χ2n) is 5.79. The highest BCUT2D eigenvalue weighted by molar-refractivity contribution is 6.05. The number of Topliss-reactive ketones (excluding diaryl/α,β-unsaturated/α-hetero) is 2. The lowest BCUT2D eigenvalue weighted by molar-refractivity contribution is 0.0314. The summed E-state index contributed by atoms with van der Waals surface area (Å²) in [5.41, 5.74) is 2.57. The highest BCUT2D eigenvalue weighted by atomic mass is 16.5. The SMILES string of the molecule is CC(=O)c1c(C)[nH]c(C(=O)[C@@H](C)OC(=O)c2c(C)noc2C)c1C. The number of aromatic amines is 1. The Bertz CT molecular complexity index is 809. The number of H-pyrrole nitrogens is 1. The molecule has 2 aromatic heterocycles. The van der Waals surface area contributed by atoms with E-state index in [9.17, 15) is 14.4 Å². The number of hydrogen-bond acceptors (Lipinski definition) is 6. The van der Waals surface area contributed by atoms with Gasteiger partial charge in [-0.05, 0) is 47.1 Å². The minimum absolute atomic E-state index is 0.124. The molecule has 0 aromatic carbocycles. The maximum atomic E-state index is 12.6. The zero-order valence-electron chi connectivity index (χ0n) is 14.6. The van der Waals surface area contributed by atoms with E-state index in [1.165, 1.54) is 13.8 Å². The Labute approximate surface area is 139 Å². The predicted molar refractivity (Wildman–Crippen MR) is 85.5 cm³/mol. The third-order valence-electron chi connectivity index (χ3n) is 3.93. The molecular formula is C17H20N2O5. The van der Waals surface area contributed by atoms with Gasteiger partial charge in [0.25, 0.3) is 0 Å². The van der Waals surface area contributed by atoms with Gasteiger partial charge in [0.15, 0.2) is 11.9 Å². The summed E-state index contributed by atoms with van der Waals surface area (Å²) in [7, 11) is 0. The van der Waals surface area contributed by atoms with E-state index in [-0.39, 0.29) is 17.0 Å². The first-order valence-corrected chi connectivity index (χ1v) is 7.53. The van der Waals surface area contributed by atoms with Crippen LogP contribution in [-0.2, 0) is 4.74 Å². The number of aryl methyl sites for hydroxylation is 3. The largest absolute Gasteiger partial charge is 0.450 e. The Kier molecular flexibility index (Phi) is 4.73. The molecule has 2 heterocycles. The summed E-state index contributed by atoms with van der Waals surface area (Å²) in [6.45, 7) is 9.56. The second-order valence-corrected chi connectivity index (χ2v) is 5.79. The van der Waals surface area contributed by atoms with Gasteiger partial charge in [0.1, 0.15) is 11.3 Å². The highest BCUT2D eigenvalue weighted by Crippen LogP contribution is 2.21. The van der Waals surface area contributed by atoms with Crippen molar-refractivity contribution in [2.24, 2.45) is 0 Å². The number of carbonyl (C=O) groups excluding carboxylic acids is 3. The van der Waals surface area contributed by atoms with Crippen LogP contribution in [0.25, 0.3) is 0 Å². The Hall–Kier alpha value is -2.70. The van der Waals surface area contributed by atoms with E-state index in [0.29, 0.717) is 28.3 Å². The molecule has 0 amide bonds. The molecule has 0 spiro atoms. The molecule has 2 aromatic rings. The van der Waals surface area contributed by atoms with E-state index in [4.69, 9.17) is 9.26 Å². The number of nitrogens with one attached hydrogen (secondary N) is 1. The summed E-state index contributed by atoms with van der Waals surface area (Å²) in [6, 6.07) is 0. The van der Waals surface area contributed by atoms with Crippen LogP contribution >= 0.6 is 0 Å². The minimum atomic E-state index is -1.01. The van der Waals surface area contributed by atoms with Gasteiger partial charge in [-0.2, -0.15) is 0 Å². The lowest BCUT2D eigenvalue weighted by atomic mass is 10.0. The molecule has 1 N–H and O–H groups in total. The lowest BCUT2D eigenvalue weighted by Gasteiger charge is -2.12. The van der Waals surface area contributed by atoms with Crippen molar-refractivity contribution in [1.29, 1.82) is 0 Å². The molecule has 7 nitrogen and oxygen atoms in total. The van der Waals surface area contributed by atoms with Crippen molar-refractivity contribution < 1.29 is 23.6 Å². The van der Waals surface area contributed by atoms with Crippen LogP contribution < -0.4 is 0 Å². The van der Waals surface area contributed by atoms with Gasteiger partial charge in [-0.1, -0.05) is 5.16 Å². The van der Waals surface area contributed by atoms with Crippen molar-refractivity contribution in [3.05, 3.63) is 39.5 Å². The number of aromatic nitrogens is 2. The van der Waals surface area contributed by atoms with E-state index in [1.54, 1.807) is 27.7 Å². The van der Waals surface area contributed by atoms with E-state index in [1.807, 2.05) is 0 Å². The zero-order valence-corrected chi connectivity index (χ0v) is 14.6. The van der Waals surface area contributed by atoms with Gasteiger partial charge in [0.2, 0.25) is 5.78 Å². The normalized spacial score (nSPS) is 12.1. The fourth-order valence-electron chi connectivity index (χ4n) is 2.78. The molecule has 0 radical (unpaired) electrons. The number of esters is 1. The summed E-state index contributed by atoms with van der Waals surface area (Å²) in [6.07, 6.45) is -1.01. The number of nitrogens with zero attached hydrogens (tertiary/aromatic N) is 1. The Morgan fingerprint density at radius 1 is 1.12 bits per heavy atom. The zero-order chi connectivity index (χ0) is 18.2. The topological polar surface area (TPSA) is 102 Å². The summed E-state index contributed by atoms with van der Waals surface area (Å²) in [4.78, 5) is 39.4. The molecule has 0 aliphatic carbocycles. The van der Waals surface area contributed by atoms with Crippen LogP contribution in [0.15, 0.2) is 4.52 Å². The average Bonchev–Trinajstić information content (AvgIpc) is 2.97. The van der Waals surface area contributed by atoms with Crippen molar-refractivity contribution in [3.63, 3.8) is 0 Å². The van der Waals surface area contributed by atoms with Crippen LogP contribution in [-0.4, -0.2) is 33.8 Å². The predicted octanol–water partition coefficient (Wildman–Crippen LogP) is 2.87. The minimum Gasteiger partial charge on any atom is -0.450 e. The van der Waals surface area contributed by atoms with Crippen LogP contribution in [0.2, 0.25) is 0 Å². The Balaban J connectivity index is 2.23. The first-order chi connectivity index (χ1) is 11.1. The van der Waals surface area contributed by atoms with E-state index < -0.39 is 17.9 Å². The van der Waals surface area contributed by atoms with E-state index >= 15 is 0 Å².